The van der Waals surface area contributed by atoms with Gasteiger partial charge in [0, 0.05) is 46.6 Å². The summed E-state index contributed by atoms with van der Waals surface area (Å²) >= 11 is 0. The van der Waals surface area contributed by atoms with Crippen molar-refractivity contribution >= 4 is 29.0 Å². The largest absolute Gasteiger partial charge is 0.490 e. The summed E-state index contributed by atoms with van der Waals surface area (Å²) in [5.74, 6) is -1.28. The van der Waals surface area contributed by atoms with Crippen LogP contribution in [0.25, 0.3) is 28.2 Å². The Morgan fingerprint density at radius 3 is 2.58 bits per heavy atom. The topological polar surface area (TPSA) is 88.9 Å². The van der Waals surface area contributed by atoms with Gasteiger partial charge in [-0.15, -0.1) is 0 Å². The number of hydrogen-bond donors (Lipinski definition) is 0. The molecule has 0 fully saturated rings. The highest BCUT2D eigenvalue weighted by molar-refractivity contribution is 6.01. The lowest BCUT2D eigenvalue weighted by atomic mass is 9.86. The Hall–Kier alpha value is -4.50. The van der Waals surface area contributed by atoms with Crippen LogP contribution in [0, 0.1) is 19.7 Å². The first kappa shape index (κ1) is 31.9. The van der Waals surface area contributed by atoms with Crippen LogP contribution >= 0.6 is 0 Å². The SMILES string of the molecule is COC(=O)[C@@H](OC(C)(C)C)c1c(C)nc2c(cc(/C=C/C(=O)OCc3ccccc3)n2C)c1-c1cc(F)c2c(c1C)CCCO2. The second-order valence-electron chi connectivity index (χ2n) is 12.2. The Kier molecular flexibility index (Phi) is 9.11. The van der Waals surface area contributed by atoms with Gasteiger partial charge in [0.15, 0.2) is 17.7 Å². The van der Waals surface area contributed by atoms with E-state index in [1.807, 2.05) is 75.7 Å². The van der Waals surface area contributed by atoms with Crippen molar-refractivity contribution in [1.29, 1.82) is 0 Å². The van der Waals surface area contributed by atoms with Crippen LogP contribution in [0.2, 0.25) is 0 Å². The van der Waals surface area contributed by atoms with Gasteiger partial charge in [0.25, 0.3) is 0 Å². The molecule has 1 aliphatic heterocycles. The number of rotatable bonds is 8. The van der Waals surface area contributed by atoms with Crippen LogP contribution in [0.3, 0.4) is 0 Å². The van der Waals surface area contributed by atoms with E-state index in [-0.39, 0.29) is 12.4 Å². The van der Waals surface area contributed by atoms with Crippen LogP contribution in [0.5, 0.6) is 5.75 Å². The molecular formula is C36H39FN2O6. The van der Waals surface area contributed by atoms with Crippen LogP contribution < -0.4 is 4.74 Å². The molecule has 9 heteroatoms. The maximum Gasteiger partial charge on any atom is 0.339 e. The van der Waals surface area contributed by atoms with E-state index >= 15 is 4.39 Å². The van der Waals surface area contributed by atoms with Crippen LogP contribution in [-0.2, 0) is 43.9 Å². The molecule has 0 spiro atoms. The maximum atomic E-state index is 15.7. The van der Waals surface area contributed by atoms with E-state index in [1.165, 1.54) is 19.3 Å². The number of methoxy groups -OCH3 is 1. The van der Waals surface area contributed by atoms with Crippen LogP contribution in [0.15, 0.2) is 48.5 Å². The smallest absolute Gasteiger partial charge is 0.339 e. The Labute approximate surface area is 262 Å². The summed E-state index contributed by atoms with van der Waals surface area (Å²) in [5.41, 5.74) is 5.33. The lowest BCUT2D eigenvalue weighted by Crippen LogP contribution is -2.29. The fraction of sp³-hybridized carbons (Fsp3) is 0.361. The van der Waals surface area contributed by atoms with Crippen molar-refractivity contribution in [1.82, 2.24) is 9.55 Å². The number of nitrogens with zero attached hydrogens (tertiary/aromatic N) is 2. The third kappa shape index (κ3) is 6.63. The molecular weight excluding hydrogens is 575 g/mol. The summed E-state index contributed by atoms with van der Waals surface area (Å²) in [6, 6.07) is 12.8. The van der Waals surface area contributed by atoms with Gasteiger partial charge in [0.1, 0.15) is 12.3 Å². The van der Waals surface area contributed by atoms with E-state index in [0.717, 1.165) is 23.1 Å². The highest BCUT2D eigenvalue weighted by atomic mass is 19.1. The predicted octanol–water partition coefficient (Wildman–Crippen LogP) is 7.11. The summed E-state index contributed by atoms with van der Waals surface area (Å²) in [6.07, 6.45) is 3.33. The van der Waals surface area contributed by atoms with E-state index in [9.17, 15) is 9.59 Å². The quantitative estimate of drug-likeness (QED) is 0.154. The molecule has 1 atom stereocenters. The van der Waals surface area contributed by atoms with Crippen LogP contribution in [0.1, 0.15) is 66.9 Å². The zero-order valence-corrected chi connectivity index (χ0v) is 26.8. The number of esters is 2. The highest BCUT2D eigenvalue weighted by Crippen LogP contribution is 2.45. The fourth-order valence-corrected chi connectivity index (χ4v) is 5.78. The van der Waals surface area contributed by atoms with Gasteiger partial charge in [0.2, 0.25) is 0 Å². The van der Waals surface area contributed by atoms with Crippen LogP contribution in [-0.4, -0.2) is 40.8 Å². The van der Waals surface area contributed by atoms with E-state index in [2.05, 4.69) is 0 Å². The van der Waals surface area contributed by atoms with E-state index in [4.69, 9.17) is 23.9 Å². The highest BCUT2D eigenvalue weighted by Gasteiger charge is 2.35. The van der Waals surface area contributed by atoms with Crippen LogP contribution in [0.4, 0.5) is 4.39 Å². The summed E-state index contributed by atoms with van der Waals surface area (Å²) in [4.78, 5) is 30.8. The predicted molar refractivity (Wildman–Crippen MR) is 170 cm³/mol. The molecule has 0 bridgehead atoms. The third-order valence-electron chi connectivity index (χ3n) is 7.91. The molecule has 5 rings (SSSR count). The van der Waals surface area contributed by atoms with Crippen molar-refractivity contribution in [2.45, 2.75) is 65.8 Å². The maximum absolute atomic E-state index is 15.7. The van der Waals surface area contributed by atoms with E-state index in [0.29, 0.717) is 52.1 Å². The number of benzene rings is 2. The minimum Gasteiger partial charge on any atom is -0.490 e. The second-order valence-corrected chi connectivity index (χ2v) is 12.2. The van der Waals surface area contributed by atoms with Gasteiger partial charge in [-0.3, -0.25) is 0 Å². The lowest BCUT2D eigenvalue weighted by molar-refractivity contribution is -0.164. The minimum absolute atomic E-state index is 0.156. The van der Waals surface area contributed by atoms with Gasteiger partial charge in [-0.1, -0.05) is 30.3 Å². The molecule has 0 radical (unpaired) electrons. The summed E-state index contributed by atoms with van der Waals surface area (Å²) in [5, 5.41) is 0.668. The number of halogens is 1. The number of pyridine rings is 1. The molecule has 8 nitrogen and oxygen atoms in total. The van der Waals surface area contributed by atoms with Crippen molar-refractivity contribution in [2.75, 3.05) is 13.7 Å². The molecule has 4 aromatic rings. The third-order valence-corrected chi connectivity index (χ3v) is 7.91. The molecule has 0 saturated heterocycles. The molecule has 2 aromatic carbocycles. The van der Waals surface area contributed by atoms with Gasteiger partial charge in [0.05, 0.1) is 19.3 Å². The second kappa shape index (κ2) is 12.9. The Balaban J connectivity index is 1.70. The first-order valence-electron chi connectivity index (χ1n) is 15.0. The average Bonchev–Trinajstić information content (AvgIpc) is 3.33. The number of hydrogen-bond acceptors (Lipinski definition) is 7. The first-order valence-corrected chi connectivity index (χ1v) is 15.0. The zero-order valence-electron chi connectivity index (χ0n) is 26.8. The number of carbonyl (C=O) groups is 2. The van der Waals surface area contributed by atoms with E-state index in [1.54, 1.807) is 13.0 Å². The van der Waals surface area contributed by atoms with Gasteiger partial charge in [-0.05, 0) is 82.4 Å². The summed E-state index contributed by atoms with van der Waals surface area (Å²) in [6.45, 7) is 9.92. The number of fused-ring (bicyclic) bond motifs is 2. The fourth-order valence-electron chi connectivity index (χ4n) is 5.78. The molecule has 236 valence electrons. The standard InChI is InChI=1S/C36H39FN2O6/c1-21-25-14-11-17-43-32(25)28(37)19-26(21)31-27-18-24(15-16-29(40)44-20-23-12-9-8-10-13-23)39(6)34(27)38-22(2)30(31)33(35(41)42-7)45-36(3,4)5/h8-10,12-13,15-16,18-19,33H,11,14,17,20H2,1-7H3/b16-15+/t33-/m0/s1. The Morgan fingerprint density at radius 1 is 1.16 bits per heavy atom. The van der Waals surface area contributed by atoms with Gasteiger partial charge in [-0.2, -0.15) is 0 Å². The lowest BCUT2D eigenvalue weighted by Gasteiger charge is -2.29. The molecule has 0 aliphatic carbocycles. The van der Waals surface area contributed by atoms with E-state index < -0.39 is 29.5 Å². The molecule has 45 heavy (non-hydrogen) atoms. The van der Waals surface area contributed by atoms with Crippen molar-refractivity contribution in [2.24, 2.45) is 7.05 Å². The number of carbonyl (C=O) groups excluding carboxylic acids is 2. The molecule has 3 heterocycles. The summed E-state index contributed by atoms with van der Waals surface area (Å²) in [7, 11) is 3.15. The van der Waals surface area contributed by atoms with Gasteiger partial charge < -0.3 is 23.5 Å². The number of ether oxygens (including phenoxy) is 4. The molecule has 2 aromatic heterocycles. The normalized spacial score (nSPS) is 13.9. The van der Waals surface area contributed by atoms with Crippen molar-refractivity contribution in [3.8, 4) is 16.9 Å². The average molecular weight is 615 g/mol. The number of aryl methyl sites for hydroxylation is 2. The van der Waals surface area contributed by atoms with Crippen molar-refractivity contribution < 1.29 is 32.9 Å². The van der Waals surface area contributed by atoms with Crippen molar-refractivity contribution in [3.05, 3.63) is 88.0 Å². The summed E-state index contributed by atoms with van der Waals surface area (Å²) < 4.78 is 40.2. The first-order chi connectivity index (χ1) is 21.4. The molecule has 0 saturated carbocycles. The Morgan fingerprint density at radius 2 is 1.89 bits per heavy atom. The monoisotopic (exact) mass is 614 g/mol. The van der Waals surface area contributed by atoms with Gasteiger partial charge >= 0.3 is 11.9 Å². The molecule has 0 unspecified atom stereocenters. The molecule has 1 aliphatic rings. The number of aromatic nitrogens is 2. The van der Waals surface area contributed by atoms with Crippen molar-refractivity contribution in [3.63, 3.8) is 0 Å². The van der Waals surface area contributed by atoms with Gasteiger partial charge in [-0.25, -0.2) is 19.0 Å². The zero-order chi connectivity index (χ0) is 32.5. The molecule has 0 amide bonds. The minimum atomic E-state index is -1.14. The molecule has 0 N–H and O–H groups in total. The Bertz CT molecular complexity index is 1790.